The largest absolute Gasteiger partial charge is 0.375 e. The third-order valence-electron chi connectivity index (χ3n) is 3.70. The number of fused-ring (bicyclic) bond motifs is 1. The molecular weight excluding hydrogens is 280 g/mol. The average Bonchev–Trinajstić information content (AvgIpc) is 2.70. The fraction of sp³-hybridized carbons (Fsp3) is 0.375. The molecule has 0 aliphatic carbocycles. The van der Waals surface area contributed by atoms with Crippen molar-refractivity contribution in [1.82, 2.24) is 9.78 Å². The molecule has 0 atom stereocenters. The minimum atomic E-state index is -0.0558. The van der Waals surface area contributed by atoms with Gasteiger partial charge in [0.05, 0.1) is 25.5 Å². The summed E-state index contributed by atoms with van der Waals surface area (Å²) in [5, 5.41) is 7.14. The Labute approximate surface area is 129 Å². The minimum Gasteiger partial charge on any atom is -0.375 e. The molecule has 0 saturated heterocycles. The smallest absolute Gasteiger partial charge is 0.245 e. The van der Waals surface area contributed by atoms with Crippen LogP contribution in [0.2, 0.25) is 0 Å². The van der Waals surface area contributed by atoms with Crippen LogP contribution in [0.5, 0.6) is 0 Å². The van der Waals surface area contributed by atoms with Crippen LogP contribution in [0.3, 0.4) is 0 Å². The molecule has 22 heavy (non-hydrogen) atoms. The molecule has 1 aromatic carbocycles. The molecule has 1 aromatic heterocycles. The van der Waals surface area contributed by atoms with E-state index in [9.17, 15) is 4.79 Å². The number of carbonyl (C=O) groups is 1. The number of hydrogen-bond acceptors (Lipinski definition) is 4. The van der Waals surface area contributed by atoms with Gasteiger partial charge in [0.2, 0.25) is 5.91 Å². The van der Waals surface area contributed by atoms with Crippen LogP contribution in [0.1, 0.15) is 11.3 Å². The summed E-state index contributed by atoms with van der Waals surface area (Å²) in [5.41, 5.74) is 3.06. The van der Waals surface area contributed by atoms with E-state index in [2.05, 4.69) is 15.3 Å². The lowest BCUT2D eigenvalue weighted by Gasteiger charge is -2.23. The summed E-state index contributed by atoms with van der Waals surface area (Å²) >= 11 is 0. The predicted octanol–water partition coefficient (Wildman–Crippen LogP) is 1.70. The van der Waals surface area contributed by atoms with E-state index >= 15 is 0 Å². The molecule has 3 rings (SSSR count). The van der Waals surface area contributed by atoms with Crippen LogP contribution in [-0.4, -0.2) is 35.4 Å². The van der Waals surface area contributed by atoms with E-state index < -0.39 is 0 Å². The van der Waals surface area contributed by atoms with Gasteiger partial charge in [-0.2, -0.15) is 5.10 Å². The number of hydrogen-bond donors (Lipinski definition) is 1. The number of nitrogens with zero attached hydrogens (tertiary/aromatic N) is 3. The van der Waals surface area contributed by atoms with Gasteiger partial charge >= 0.3 is 0 Å². The molecular formula is C16H20N4O2. The third-order valence-corrected chi connectivity index (χ3v) is 3.70. The number of para-hydroxylation sites is 1. The summed E-state index contributed by atoms with van der Waals surface area (Å²) < 4.78 is 7.26. The second kappa shape index (κ2) is 6.19. The van der Waals surface area contributed by atoms with Crippen LogP contribution in [0, 0.1) is 6.92 Å². The number of nitrogens with one attached hydrogen (secondary N) is 1. The van der Waals surface area contributed by atoms with Crippen molar-refractivity contribution in [2.24, 2.45) is 7.05 Å². The highest BCUT2D eigenvalue weighted by atomic mass is 16.5. The van der Waals surface area contributed by atoms with Crippen molar-refractivity contribution in [3.8, 4) is 0 Å². The lowest BCUT2D eigenvalue weighted by molar-refractivity contribution is -0.115. The van der Waals surface area contributed by atoms with Crippen LogP contribution in [0.15, 0.2) is 30.3 Å². The van der Waals surface area contributed by atoms with Gasteiger partial charge in [-0.05, 0) is 13.0 Å². The summed E-state index contributed by atoms with van der Waals surface area (Å²) in [5.74, 6) is 0.654. The predicted molar refractivity (Wildman–Crippen MR) is 84.9 cm³/mol. The van der Waals surface area contributed by atoms with Crippen molar-refractivity contribution >= 4 is 17.4 Å². The van der Waals surface area contributed by atoms with E-state index in [0.29, 0.717) is 32.1 Å². The van der Waals surface area contributed by atoms with Crippen LogP contribution in [0.4, 0.5) is 11.5 Å². The van der Waals surface area contributed by atoms with Gasteiger partial charge in [-0.3, -0.25) is 9.48 Å². The van der Waals surface area contributed by atoms with Gasteiger partial charge in [0.1, 0.15) is 5.82 Å². The number of aryl methyl sites for hydroxylation is 2. The Morgan fingerprint density at radius 3 is 3.00 bits per heavy atom. The van der Waals surface area contributed by atoms with Gasteiger partial charge in [0.25, 0.3) is 0 Å². The summed E-state index contributed by atoms with van der Waals surface area (Å²) in [4.78, 5) is 14.4. The zero-order valence-corrected chi connectivity index (χ0v) is 12.9. The number of ether oxygens (including phenoxy) is 1. The molecule has 1 N–H and O–H groups in total. The van der Waals surface area contributed by atoms with Crippen molar-refractivity contribution < 1.29 is 9.53 Å². The maximum Gasteiger partial charge on any atom is 0.245 e. The summed E-state index contributed by atoms with van der Waals surface area (Å²) in [6.45, 7) is 4.11. The Balaban J connectivity index is 1.72. The van der Waals surface area contributed by atoms with E-state index in [1.54, 1.807) is 4.68 Å². The molecule has 0 bridgehead atoms. The van der Waals surface area contributed by atoms with Crippen molar-refractivity contribution in [1.29, 1.82) is 0 Å². The van der Waals surface area contributed by atoms with Crippen molar-refractivity contribution in [3.05, 3.63) is 41.6 Å². The molecule has 0 spiro atoms. The molecule has 6 heteroatoms. The molecule has 0 fully saturated rings. The van der Waals surface area contributed by atoms with E-state index in [4.69, 9.17) is 4.74 Å². The third kappa shape index (κ3) is 3.12. The monoisotopic (exact) mass is 300 g/mol. The van der Waals surface area contributed by atoms with E-state index in [1.165, 1.54) is 0 Å². The number of aromatic nitrogens is 2. The fourth-order valence-electron chi connectivity index (χ4n) is 2.67. The van der Waals surface area contributed by atoms with Gasteiger partial charge in [-0.15, -0.1) is 0 Å². The number of rotatable bonds is 3. The summed E-state index contributed by atoms with van der Waals surface area (Å²) in [6.07, 6.45) is 0. The fourth-order valence-corrected chi connectivity index (χ4v) is 2.67. The molecule has 1 aliphatic rings. The number of amides is 1. The number of benzene rings is 1. The molecule has 0 radical (unpaired) electrons. The zero-order valence-electron chi connectivity index (χ0n) is 12.9. The van der Waals surface area contributed by atoms with Gasteiger partial charge < -0.3 is 15.0 Å². The normalized spacial score (nSPS) is 14.4. The first-order chi connectivity index (χ1) is 10.6. The van der Waals surface area contributed by atoms with Crippen LogP contribution < -0.4 is 10.2 Å². The lowest BCUT2D eigenvalue weighted by atomic mass is 10.1. The molecule has 6 nitrogen and oxygen atoms in total. The molecule has 0 saturated carbocycles. The van der Waals surface area contributed by atoms with Gasteiger partial charge in [0, 0.05) is 30.9 Å². The number of carbonyl (C=O) groups excluding carboxylic acids is 1. The Kier molecular flexibility index (Phi) is 4.11. The molecule has 1 aliphatic heterocycles. The van der Waals surface area contributed by atoms with E-state index in [0.717, 1.165) is 16.9 Å². The Hall–Kier alpha value is -2.34. The first-order valence-corrected chi connectivity index (χ1v) is 7.34. The highest BCUT2D eigenvalue weighted by Gasteiger charge is 2.18. The van der Waals surface area contributed by atoms with Crippen molar-refractivity contribution in [2.75, 3.05) is 29.9 Å². The SMILES string of the molecule is Cc1cc(NC(=O)CN2CCOCc3ccccc32)n(C)n1. The summed E-state index contributed by atoms with van der Waals surface area (Å²) in [7, 11) is 1.82. The van der Waals surface area contributed by atoms with Crippen LogP contribution >= 0.6 is 0 Å². The molecule has 116 valence electrons. The van der Waals surface area contributed by atoms with Crippen LogP contribution in [-0.2, 0) is 23.2 Å². The molecule has 0 unspecified atom stereocenters. The molecule has 2 aromatic rings. The Morgan fingerprint density at radius 1 is 1.41 bits per heavy atom. The summed E-state index contributed by atoms with van der Waals surface area (Å²) in [6, 6.07) is 9.91. The zero-order chi connectivity index (χ0) is 15.5. The second-order valence-electron chi connectivity index (χ2n) is 5.45. The molecule has 1 amide bonds. The second-order valence-corrected chi connectivity index (χ2v) is 5.45. The lowest BCUT2D eigenvalue weighted by Crippen LogP contribution is -2.35. The average molecular weight is 300 g/mol. The standard InChI is InChI=1S/C16H20N4O2/c1-12-9-15(19(2)18-12)17-16(21)10-20-7-8-22-11-13-5-3-4-6-14(13)20/h3-6,9H,7-8,10-11H2,1-2H3,(H,17,21). The minimum absolute atomic E-state index is 0.0558. The van der Waals surface area contributed by atoms with Crippen molar-refractivity contribution in [3.63, 3.8) is 0 Å². The molecule has 2 heterocycles. The first kappa shape index (κ1) is 14.6. The van der Waals surface area contributed by atoms with Gasteiger partial charge in [0.15, 0.2) is 0 Å². The Bertz CT molecular complexity index is 681. The van der Waals surface area contributed by atoms with E-state index in [-0.39, 0.29) is 5.91 Å². The first-order valence-electron chi connectivity index (χ1n) is 7.34. The van der Waals surface area contributed by atoms with E-state index in [1.807, 2.05) is 44.3 Å². The highest BCUT2D eigenvalue weighted by molar-refractivity contribution is 5.93. The Morgan fingerprint density at radius 2 is 2.23 bits per heavy atom. The van der Waals surface area contributed by atoms with Crippen LogP contribution in [0.25, 0.3) is 0 Å². The van der Waals surface area contributed by atoms with Gasteiger partial charge in [-0.25, -0.2) is 0 Å². The highest BCUT2D eigenvalue weighted by Crippen LogP contribution is 2.23. The maximum absolute atomic E-state index is 12.3. The van der Waals surface area contributed by atoms with Gasteiger partial charge in [-0.1, -0.05) is 18.2 Å². The van der Waals surface area contributed by atoms with Crippen molar-refractivity contribution in [2.45, 2.75) is 13.5 Å². The number of anilines is 2. The quantitative estimate of drug-likeness (QED) is 0.937. The topological polar surface area (TPSA) is 59.4 Å². The maximum atomic E-state index is 12.3.